The average molecular weight is 176 g/mol. The van der Waals surface area contributed by atoms with Crippen molar-refractivity contribution in [1.82, 2.24) is 0 Å². The van der Waals surface area contributed by atoms with E-state index in [1.807, 2.05) is 0 Å². The molecule has 0 radical (unpaired) electrons. The van der Waals surface area contributed by atoms with Gasteiger partial charge >= 0.3 is 0 Å². The van der Waals surface area contributed by atoms with Crippen molar-refractivity contribution in [3.8, 4) is 0 Å². The van der Waals surface area contributed by atoms with Crippen LogP contribution >= 0.6 is 0 Å². The van der Waals surface area contributed by atoms with Crippen molar-refractivity contribution < 1.29 is 19.5 Å². The van der Waals surface area contributed by atoms with E-state index < -0.39 is 0 Å². The van der Waals surface area contributed by atoms with Crippen LogP contribution in [0.15, 0.2) is 0 Å². The van der Waals surface area contributed by atoms with Crippen molar-refractivity contribution in [1.29, 1.82) is 0 Å². The molecule has 1 heterocycles. The van der Waals surface area contributed by atoms with E-state index in [1.165, 1.54) is 0 Å². The molecule has 72 valence electrons. The summed E-state index contributed by atoms with van der Waals surface area (Å²) < 4.78 is 15.9. The fourth-order valence-corrected chi connectivity index (χ4v) is 1.02. The third-order valence-electron chi connectivity index (χ3n) is 1.68. The lowest BCUT2D eigenvalue weighted by atomic mass is 10.6. The van der Waals surface area contributed by atoms with E-state index in [4.69, 9.17) is 14.2 Å². The third-order valence-corrected chi connectivity index (χ3v) is 1.68. The number of ether oxygens (including phenoxy) is 3. The van der Waals surface area contributed by atoms with E-state index >= 15 is 0 Å². The molecular formula is C8H18NO3+. The molecule has 0 spiro atoms. The Morgan fingerprint density at radius 1 is 0.583 bits per heavy atom. The summed E-state index contributed by atoms with van der Waals surface area (Å²) in [4.78, 5) is 0. The van der Waals surface area contributed by atoms with Gasteiger partial charge in [0.15, 0.2) is 0 Å². The first-order valence-corrected chi connectivity index (χ1v) is 4.55. The molecule has 0 aliphatic carbocycles. The number of rotatable bonds is 0. The number of hydrogen-bond donors (Lipinski definition) is 1. The summed E-state index contributed by atoms with van der Waals surface area (Å²) in [5, 5.41) is 2.21. The van der Waals surface area contributed by atoms with E-state index in [-0.39, 0.29) is 0 Å². The van der Waals surface area contributed by atoms with Gasteiger partial charge in [0.2, 0.25) is 0 Å². The summed E-state index contributed by atoms with van der Waals surface area (Å²) in [6.07, 6.45) is 0. The zero-order valence-electron chi connectivity index (χ0n) is 7.46. The highest BCUT2D eigenvalue weighted by Crippen LogP contribution is 1.80. The minimum atomic E-state index is 0.684. The van der Waals surface area contributed by atoms with Gasteiger partial charge in [0.05, 0.1) is 52.7 Å². The molecule has 0 aromatic carbocycles. The smallest absolute Gasteiger partial charge is 0.0993 e. The maximum absolute atomic E-state index is 5.31. The van der Waals surface area contributed by atoms with Gasteiger partial charge < -0.3 is 19.5 Å². The summed E-state index contributed by atoms with van der Waals surface area (Å²) in [6.45, 7) is 6.42. The van der Waals surface area contributed by atoms with Crippen LogP contribution in [0.2, 0.25) is 0 Å². The van der Waals surface area contributed by atoms with Crippen molar-refractivity contribution in [2.24, 2.45) is 0 Å². The van der Waals surface area contributed by atoms with Gasteiger partial charge in [-0.1, -0.05) is 0 Å². The van der Waals surface area contributed by atoms with Crippen LogP contribution in [-0.2, 0) is 14.2 Å². The predicted molar refractivity (Wildman–Crippen MR) is 44.1 cm³/mol. The molecule has 0 amide bonds. The first kappa shape index (κ1) is 9.92. The molecule has 0 bridgehead atoms. The van der Waals surface area contributed by atoms with E-state index in [0.717, 1.165) is 26.3 Å². The number of quaternary nitrogens is 1. The quantitative estimate of drug-likeness (QED) is 0.494. The second kappa shape index (κ2) is 7.49. The molecule has 0 saturated carbocycles. The van der Waals surface area contributed by atoms with Gasteiger partial charge in [-0.05, 0) is 0 Å². The molecule has 0 aromatic rings. The Bertz CT molecular complexity index is 57.3. The van der Waals surface area contributed by atoms with Crippen molar-refractivity contribution in [2.75, 3.05) is 52.7 Å². The molecule has 4 nitrogen and oxygen atoms in total. The Kier molecular flexibility index (Phi) is 6.19. The standard InChI is InChI=1S/C8H17NO3/c1-3-10-5-7-12-8-6-11-4-2-9-1/h9H,1-8H2/p+1. The second-order valence-electron chi connectivity index (χ2n) is 2.70. The summed E-state index contributed by atoms with van der Waals surface area (Å²) in [7, 11) is 0. The fourth-order valence-electron chi connectivity index (χ4n) is 1.02. The van der Waals surface area contributed by atoms with Gasteiger partial charge in [0.1, 0.15) is 0 Å². The van der Waals surface area contributed by atoms with Gasteiger partial charge in [-0.3, -0.25) is 0 Å². The van der Waals surface area contributed by atoms with Crippen LogP contribution in [0.3, 0.4) is 0 Å². The first-order chi connectivity index (χ1) is 6.00. The Morgan fingerprint density at radius 3 is 1.50 bits per heavy atom. The number of hydrogen-bond acceptors (Lipinski definition) is 3. The van der Waals surface area contributed by atoms with Crippen LogP contribution in [0, 0.1) is 0 Å². The third kappa shape index (κ3) is 5.49. The predicted octanol–water partition coefficient (Wildman–Crippen LogP) is -1.39. The van der Waals surface area contributed by atoms with E-state index in [9.17, 15) is 0 Å². The molecule has 0 atom stereocenters. The highest BCUT2D eigenvalue weighted by Gasteiger charge is 1.96. The molecule has 0 aromatic heterocycles. The fraction of sp³-hybridized carbons (Fsp3) is 1.00. The molecule has 1 rings (SSSR count). The van der Waals surface area contributed by atoms with Crippen LogP contribution < -0.4 is 5.32 Å². The summed E-state index contributed by atoms with van der Waals surface area (Å²) >= 11 is 0. The Hall–Kier alpha value is -0.160. The Labute approximate surface area is 73.2 Å². The van der Waals surface area contributed by atoms with Crippen LogP contribution in [0.25, 0.3) is 0 Å². The monoisotopic (exact) mass is 176 g/mol. The molecule has 1 aliphatic rings. The lowest BCUT2D eigenvalue weighted by Crippen LogP contribution is -2.86. The van der Waals surface area contributed by atoms with Crippen LogP contribution in [-0.4, -0.2) is 52.7 Å². The molecule has 2 N–H and O–H groups in total. The Balaban J connectivity index is 2.00. The van der Waals surface area contributed by atoms with Crippen LogP contribution in [0.4, 0.5) is 0 Å². The summed E-state index contributed by atoms with van der Waals surface area (Å²) in [5.74, 6) is 0. The molecule has 1 saturated heterocycles. The normalized spacial score (nSPS) is 24.0. The highest BCUT2D eigenvalue weighted by atomic mass is 16.5. The van der Waals surface area contributed by atoms with Gasteiger partial charge in [-0.2, -0.15) is 0 Å². The zero-order valence-corrected chi connectivity index (χ0v) is 7.46. The SMILES string of the molecule is C1COCCOCCOCC[NH2+]1. The average Bonchev–Trinajstić information content (AvgIpc) is 2.05. The Morgan fingerprint density at radius 2 is 1.00 bits per heavy atom. The van der Waals surface area contributed by atoms with E-state index in [1.54, 1.807) is 0 Å². The van der Waals surface area contributed by atoms with Gasteiger partial charge in [0, 0.05) is 0 Å². The molecular weight excluding hydrogens is 158 g/mol. The highest BCUT2D eigenvalue weighted by molar-refractivity contribution is 4.35. The maximum Gasteiger partial charge on any atom is 0.0993 e. The first-order valence-electron chi connectivity index (χ1n) is 4.55. The van der Waals surface area contributed by atoms with Crippen molar-refractivity contribution in [3.63, 3.8) is 0 Å². The second-order valence-corrected chi connectivity index (χ2v) is 2.70. The summed E-state index contributed by atoms with van der Waals surface area (Å²) in [5.41, 5.74) is 0. The van der Waals surface area contributed by atoms with Crippen LogP contribution in [0.1, 0.15) is 0 Å². The molecule has 4 heteroatoms. The van der Waals surface area contributed by atoms with Crippen molar-refractivity contribution in [2.45, 2.75) is 0 Å². The number of nitrogens with two attached hydrogens (primary N) is 1. The minimum Gasteiger partial charge on any atom is -0.377 e. The van der Waals surface area contributed by atoms with Gasteiger partial charge in [-0.25, -0.2) is 0 Å². The van der Waals surface area contributed by atoms with Gasteiger partial charge in [0.25, 0.3) is 0 Å². The lowest BCUT2D eigenvalue weighted by Gasteiger charge is -2.08. The minimum absolute atomic E-state index is 0.684. The molecule has 1 aliphatic heterocycles. The van der Waals surface area contributed by atoms with Crippen molar-refractivity contribution >= 4 is 0 Å². The zero-order chi connectivity index (χ0) is 8.49. The van der Waals surface area contributed by atoms with Crippen LogP contribution in [0.5, 0.6) is 0 Å². The van der Waals surface area contributed by atoms with E-state index in [0.29, 0.717) is 26.4 Å². The molecule has 12 heavy (non-hydrogen) atoms. The van der Waals surface area contributed by atoms with E-state index in [2.05, 4.69) is 5.32 Å². The lowest BCUT2D eigenvalue weighted by molar-refractivity contribution is -0.657. The van der Waals surface area contributed by atoms with Crippen molar-refractivity contribution in [3.05, 3.63) is 0 Å². The van der Waals surface area contributed by atoms with Gasteiger partial charge in [-0.15, -0.1) is 0 Å². The topological polar surface area (TPSA) is 44.3 Å². The largest absolute Gasteiger partial charge is 0.377 e. The molecule has 1 fully saturated rings. The maximum atomic E-state index is 5.31. The summed E-state index contributed by atoms with van der Waals surface area (Å²) in [6, 6.07) is 0. The molecule has 0 unspecified atom stereocenters.